The zero-order valence-electron chi connectivity index (χ0n) is 18.5. The second kappa shape index (κ2) is 12.4. The van der Waals surface area contributed by atoms with Gasteiger partial charge in [-0.05, 0) is 31.4 Å². The van der Waals surface area contributed by atoms with Crippen molar-refractivity contribution in [3.8, 4) is 0 Å². The highest BCUT2D eigenvalue weighted by Gasteiger charge is 2.30. The molecule has 32 heavy (non-hydrogen) atoms. The highest BCUT2D eigenvalue weighted by Crippen LogP contribution is 2.18. The number of esters is 1. The fraction of sp³-hybridized carbons (Fsp3) is 0.500. The Balaban J connectivity index is 1.77. The van der Waals surface area contributed by atoms with Gasteiger partial charge in [-0.1, -0.05) is 30.3 Å². The zero-order valence-corrected chi connectivity index (χ0v) is 19.3. The molecular formula is C22H31N3O6S. The Morgan fingerprint density at radius 1 is 1.25 bits per heavy atom. The summed E-state index contributed by atoms with van der Waals surface area (Å²) in [6.45, 7) is 2.65. The van der Waals surface area contributed by atoms with Crippen LogP contribution in [0.15, 0.2) is 35.7 Å². The summed E-state index contributed by atoms with van der Waals surface area (Å²) in [6, 6.07) is 8.99. The Hall–Kier alpha value is -2.72. The van der Waals surface area contributed by atoms with E-state index in [-0.39, 0.29) is 49.8 Å². The topological polar surface area (TPSA) is 113 Å². The van der Waals surface area contributed by atoms with Crippen molar-refractivity contribution in [2.24, 2.45) is 5.92 Å². The van der Waals surface area contributed by atoms with E-state index in [4.69, 9.17) is 4.74 Å². The molecule has 1 unspecified atom stereocenters. The van der Waals surface area contributed by atoms with Crippen molar-refractivity contribution in [3.05, 3.63) is 41.3 Å². The van der Waals surface area contributed by atoms with Crippen molar-refractivity contribution in [3.63, 3.8) is 0 Å². The molecule has 1 aliphatic heterocycles. The lowest BCUT2D eigenvalue weighted by molar-refractivity contribution is -0.152. The fourth-order valence-corrected chi connectivity index (χ4v) is 4.14. The molecule has 10 heteroatoms. The van der Waals surface area contributed by atoms with E-state index in [0.29, 0.717) is 26.0 Å². The molecule has 0 aromatic heterocycles. The number of amides is 2. The number of nitrogens with zero attached hydrogens (tertiary/aromatic N) is 2. The van der Waals surface area contributed by atoms with E-state index in [1.165, 1.54) is 18.0 Å². The maximum Gasteiger partial charge on any atom is 0.310 e. The third-order valence-corrected chi connectivity index (χ3v) is 6.17. The van der Waals surface area contributed by atoms with Crippen LogP contribution < -0.4 is 4.72 Å². The van der Waals surface area contributed by atoms with Crippen LogP contribution in [0, 0.1) is 5.92 Å². The summed E-state index contributed by atoms with van der Waals surface area (Å²) in [5, 5.41) is 1.05. The molecule has 1 aromatic rings. The van der Waals surface area contributed by atoms with E-state index in [0.717, 1.165) is 11.0 Å². The molecule has 2 rings (SSSR count). The Kier molecular flexibility index (Phi) is 9.86. The third kappa shape index (κ3) is 8.43. The predicted molar refractivity (Wildman–Crippen MR) is 121 cm³/mol. The molecule has 1 N–H and O–H groups in total. The van der Waals surface area contributed by atoms with Gasteiger partial charge < -0.3 is 14.5 Å². The summed E-state index contributed by atoms with van der Waals surface area (Å²) in [6.07, 6.45) is 2.77. The lowest BCUT2D eigenvalue weighted by Gasteiger charge is -2.32. The van der Waals surface area contributed by atoms with Gasteiger partial charge in [-0.15, -0.1) is 0 Å². The number of benzene rings is 1. The van der Waals surface area contributed by atoms with Gasteiger partial charge in [0.2, 0.25) is 21.8 Å². The third-order valence-electron chi connectivity index (χ3n) is 5.07. The van der Waals surface area contributed by atoms with Crippen molar-refractivity contribution in [1.29, 1.82) is 0 Å². The first-order valence-corrected chi connectivity index (χ1v) is 12.2. The molecule has 9 nitrogen and oxygen atoms in total. The van der Waals surface area contributed by atoms with Crippen molar-refractivity contribution >= 4 is 33.9 Å². The highest BCUT2D eigenvalue weighted by molar-refractivity contribution is 7.92. The number of hydrogen-bond acceptors (Lipinski definition) is 6. The summed E-state index contributed by atoms with van der Waals surface area (Å²) < 4.78 is 31.5. The average Bonchev–Trinajstić information content (AvgIpc) is 2.78. The number of hydrogen-bond donors (Lipinski definition) is 1. The Labute approximate surface area is 189 Å². The van der Waals surface area contributed by atoms with Gasteiger partial charge >= 0.3 is 5.97 Å². The lowest BCUT2D eigenvalue weighted by Crippen LogP contribution is -2.47. The van der Waals surface area contributed by atoms with E-state index in [2.05, 4.69) is 4.72 Å². The van der Waals surface area contributed by atoms with Gasteiger partial charge in [-0.25, -0.2) is 13.1 Å². The van der Waals surface area contributed by atoms with Crippen molar-refractivity contribution < 1.29 is 27.5 Å². The minimum atomic E-state index is -3.68. The minimum Gasteiger partial charge on any atom is -0.466 e. The van der Waals surface area contributed by atoms with E-state index in [9.17, 15) is 22.8 Å². The van der Waals surface area contributed by atoms with Crippen LogP contribution in [0.4, 0.5) is 0 Å². The first kappa shape index (κ1) is 25.5. The van der Waals surface area contributed by atoms with Crippen LogP contribution in [0.1, 0.15) is 31.7 Å². The molecule has 0 radical (unpaired) electrons. The molecule has 1 heterocycles. The summed E-state index contributed by atoms with van der Waals surface area (Å²) >= 11 is 0. The van der Waals surface area contributed by atoms with Crippen LogP contribution in [-0.2, 0) is 29.1 Å². The van der Waals surface area contributed by atoms with Crippen molar-refractivity contribution in [2.75, 3.05) is 39.8 Å². The highest BCUT2D eigenvalue weighted by atomic mass is 32.2. The van der Waals surface area contributed by atoms with Gasteiger partial charge in [-0.3, -0.25) is 14.4 Å². The summed E-state index contributed by atoms with van der Waals surface area (Å²) in [7, 11) is -2.18. The van der Waals surface area contributed by atoms with E-state index in [1.807, 2.05) is 6.07 Å². The van der Waals surface area contributed by atoms with Crippen LogP contribution in [0.5, 0.6) is 0 Å². The van der Waals surface area contributed by atoms with Crippen LogP contribution >= 0.6 is 0 Å². The maximum absolute atomic E-state index is 12.6. The number of sulfonamides is 1. The van der Waals surface area contributed by atoms with Gasteiger partial charge in [0.15, 0.2) is 0 Å². The van der Waals surface area contributed by atoms with Crippen molar-refractivity contribution in [1.82, 2.24) is 14.5 Å². The summed E-state index contributed by atoms with van der Waals surface area (Å²) in [4.78, 5) is 39.6. The van der Waals surface area contributed by atoms with Crippen LogP contribution in [0.25, 0.3) is 6.08 Å². The second-order valence-electron chi connectivity index (χ2n) is 7.58. The average molecular weight is 466 g/mol. The number of rotatable bonds is 10. The van der Waals surface area contributed by atoms with Crippen LogP contribution in [0.2, 0.25) is 0 Å². The molecule has 1 fully saturated rings. The zero-order chi connectivity index (χ0) is 23.6. The molecule has 0 spiro atoms. The standard InChI is InChI=1S/C22H31N3O6S/c1-3-31-22(28)19-10-7-14-25(16-19)21(27)17-24(2)20(26)11-13-23-32(29,30)15-12-18-8-5-4-6-9-18/h4-6,8-9,12,15,19,23H,3,7,10-11,13-14,16-17H2,1-2H3/b15-12+. The van der Waals surface area contributed by atoms with Gasteiger partial charge in [0.25, 0.3) is 0 Å². The molecule has 0 saturated carbocycles. The number of piperidine rings is 1. The van der Waals surface area contributed by atoms with E-state index in [1.54, 1.807) is 36.1 Å². The summed E-state index contributed by atoms with van der Waals surface area (Å²) in [5.74, 6) is -1.25. The number of carbonyl (C=O) groups is 3. The molecular weight excluding hydrogens is 434 g/mol. The number of nitrogens with one attached hydrogen (secondary N) is 1. The Morgan fingerprint density at radius 2 is 1.97 bits per heavy atom. The molecule has 2 amide bonds. The molecule has 176 valence electrons. The molecule has 1 aliphatic rings. The smallest absolute Gasteiger partial charge is 0.310 e. The number of ether oxygens (including phenoxy) is 1. The lowest BCUT2D eigenvalue weighted by atomic mass is 9.98. The first-order chi connectivity index (χ1) is 15.2. The number of likely N-dealkylation sites (tertiary alicyclic amines) is 1. The van der Waals surface area contributed by atoms with Gasteiger partial charge in [0.05, 0.1) is 19.1 Å². The fourth-order valence-electron chi connectivity index (χ4n) is 3.32. The quantitative estimate of drug-likeness (QED) is 0.520. The van der Waals surface area contributed by atoms with Gasteiger partial charge in [0, 0.05) is 38.5 Å². The number of carbonyl (C=O) groups excluding carboxylic acids is 3. The molecule has 1 aromatic carbocycles. The van der Waals surface area contributed by atoms with Crippen LogP contribution in [-0.4, -0.2) is 75.8 Å². The molecule has 0 aliphatic carbocycles. The Bertz CT molecular complexity index is 917. The maximum atomic E-state index is 12.6. The summed E-state index contributed by atoms with van der Waals surface area (Å²) in [5.41, 5.74) is 0.745. The second-order valence-corrected chi connectivity index (χ2v) is 9.23. The van der Waals surface area contributed by atoms with Crippen molar-refractivity contribution in [2.45, 2.75) is 26.2 Å². The van der Waals surface area contributed by atoms with Gasteiger partial charge in [0.1, 0.15) is 0 Å². The molecule has 1 saturated heterocycles. The first-order valence-electron chi connectivity index (χ1n) is 10.6. The molecule has 0 bridgehead atoms. The van der Waals surface area contributed by atoms with Crippen LogP contribution in [0.3, 0.4) is 0 Å². The van der Waals surface area contributed by atoms with E-state index < -0.39 is 10.0 Å². The Morgan fingerprint density at radius 3 is 2.66 bits per heavy atom. The van der Waals surface area contributed by atoms with E-state index >= 15 is 0 Å². The largest absolute Gasteiger partial charge is 0.466 e. The number of likely N-dealkylation sites (N-methyl/N-ethyl adjacent to an activating group) is 1. The monoisotopic (exact) mass is 465 g/mol. The minimum absolute atomic E-state index is 0.0758. The normalized spacial score (nSPS) is 16.7. The van der Waals surface area contributed by atoms with Gasteiger partial charge in [-0.2, -0.15) is 0 Å². The SMILES string of the molecule is CCOC(=O)C1CCCN(C(=O)CN(C)C(=O)CCNS(=O)(=O)/C=C/c2ccccc2)C1. The molecule has 1 atom stereocenters. The predicted octanol–water partition coefficient (Wildman–Crippen LogP) is 1.23.